The molecule has 2 aromatic carbocycles. The van der Waals surface area contributed by atoms with E-state index in [4.69, 9.17) is 4.74 Å². The summed E-state index contributed by atoms with van der Waals surface area (Å²) in [4.78, 5) is 40.0. The highest BCUT2D eigenvalue weighted by atomic mass is 16.5. The van der Waals surface area contributed by atoms with Crippen molar-refractivity contribution in [2.75, 3.05) is 10.6 Å². The van der Waals surface area contributed by atoms with E-state index in [0.29, 0.717) is 16.9 Å². The molecule has 2 N–H and O–H groups in total. The summed E-state index contributed by atoms with van der Waals surface area (Å²) in [5.74, 6) is -0.996. The van der Waals surface area contributed by atoms with Crippen LogP contribution in [0.15, 0.2) is 72.9 Å². The van der Waals surface area contributed by atoms with Crippen LogP contribution >= 0.6 is 0 Å². The number of nitrogens with zero attached hydrogens (tertiary/aromatic N) is 1. The molecule has 28 heavy (non-hydrogen) atoms. The van der Waals surface area contributed by atoms with E-state index in [1.165, 1.54) is 19.2 Å². The molecule has 1 heterocycles. The van der Waals surface area contributed by atoms with Gasteiger partial charge in [-0.1, -0.05) is 24.3 Å². The maximum atomic E-state index is 12.6. The number of carbonyl (C=O) groups is 3. The Kier molecular flexibility index (Phi) is 5.76. The van der Waals surface area contributed by atoms with E-state index in [-0.39, 0.29) is 17.4 Å². The summed E-state index contributed by atoms with van der Waals surface area (Å²) in [7, 11) is 0. The molecule has 0 atom stereocenters. The Morgan fingerprint density at radius 3 is 2.14 bits per heavy atom. The molecule has 0 unspecified atom stereocenters. The van der Waals surface area contributed by atoms with Gasteiger partial charge in [-0.05, 0) is 42.5 Å². The lowest BCUT2D eigenvalue weighted by molar-refractivity contribution is -0.131. The second-order valence-corrected chi connectivity index (χ2v) is 5.79. The molecule has 7 nitrogen and oxygen atoms in total. The molecule has 140 valence electrons. The van der Waals surface area contributed by atoms with Crippen molar-refractivity contribution < 1.29 is 19.1 Å². The van der Waals surface area contributed by atoms with E-state index in [0.717, 1.165) is 0 Å². The Bertz CT molecular complexity index is 1020. The van der Waals surface area contributed by atoms with Gasteiger partial charge in [0.15, 0.2) is 0 Å². The van der Waals surface area contributed by atoms with Crippen LogP contribution in [0.25, 0.3) is 0 Å². The number of amides is 2. The van der Waals surface area contributed by atoms with Gasteiger partial charge < -0.3 is 15.4 Å². The Balaban J connectivity index is 1.77. The van der Waals surface area contributed by atoms with Gasteiger partial charge in [-0.3, -0.25) is 19.4 Å². The van der Waals surface area contributed by atoms with Gasteiger partial charge >= 0.3 is 5.97 Å². The largest absolute Gasteiger partial charge is 0.427 e. The van der Waals surface area contributed by atoms with Crippen LogP contribution in [-0.2, 0) is 4.79 Å². The first kappa shape index (κ1) is 18.8. The molecule has 2 amide bonds. The number of aromatic nitrogens is 1. The number of nitrogens with one attached hydrogen (secondary N) is 2. The molecule has 0 bridgehead atoms. The summed E-state index contributed by atoms with van der Waals surface area (Å²) in [6, 6.07) is 18.1. The molecule has 0 saturated carbocycles. The van der Waals surface area contributed by atoms with Crippen molar-refractivity contribution >= 4 is 29.2 Å². The average Bonchev–Trinajstić information content (AvgIpc) is 2.70. The number of hydrogen-bond donors (Lipinski definition) is 2. The van der Waals surface area contributed by atoms with Crippen molar-refractivity contribution in [3.8, 4) is 5.75 Å². The molecular formula is C21H17N3O4. The normalized spacial score (nSPS) is 10.0. The summed E-state index contributed by atoms with van der Waals surface area (Å²) in [6.45, 7) is 1.28. The zero-order valence-electron chi connectivity index (χ0n) is 15.0. The second-order valence-electron chi connectivity index (χ2n) is 5.79. The Labute approximate surface area is 161 Å². The highest BCUT2D eigenvalue weighted by Crippen LogP contribution is 2.23. The molecule has 0 radical (unpaired) electrons. The zero-order valence-corrected chi connectivity index (χ0v) is 15.0. The molecule has 0 saturated heterocycles. The highest BCUT2D eigenvalue weighted by Gasteiger charge is 2.13. The van der Waals surface area contributed by atoms with Gasteiger partial charge in [0.25, 0.3) is 11.8 Å². The fraction of sp³-hybridized carbons (Fsp3) is 0.0476. The summed E-state index contributed by atoms with van der Waals surface area (Å²) in [5.41, 5.74) is 1.43. The lowest BCUT2D eigenvalue weighted by Gasteiger charge is -2.12. The monoisotopic (exact) mass is 375 g/mol. The highest BCUT2D eigenvalue weighted by molar-refractivity contribution is 6.09. The van der Waals surface area contributed by atoms with Crippen LogP contribution in [0.4, 0.5) is 11.4 Å². The van der Waals surface area contributed by atoms with Crippen LogP contribution < -0.4 is 15.4 Å². The van der Waals surface area contributed by atoms with Crippen molar-refractivity contribution in [3.05, 3.63) is 84.2 Å². The summed E-state index contributed by atoms with van der Waals surface area (Å²) >= 11 is 0. The third kappa shape index (κ3) is 4.79. The predicted octanol–water partition coefficient (Wildman–Crippen LogP) is 3.51. The topological polar surface area (TPSA) is 97.4 Å². The van der Waals surface area contributed by atoms with Gasteiger partial charge in [-0.2, -0.15) is 0 Å². The first-order valence-electron chi connectivity index (χ1n) is 8.44. The van der Waals surface area contributed by atoms with Crippen LogP contribution in [0.3, 0.4) is 0 Å². The van der Waals surface area contributed by atoms with Crippen molar-refractivity contribution in [1.29, 1.82) is 0 Å². The summed E-state index contributed by atoms with van der Waals surface area (Å²) in [6.07, 6.45) is 1.53. The first-order valence-corrected chi connectivity index (χ1v) is 8.44. The minimum atomic E-state index is -0.472. The summed E-state index contributed by atoms with van der Waals surface area (Å²) in [5, 5.41) is 5.49. The minimum Gasteiger partial charge on any atom is -0.427 e. The molecule has 7 heteroatoms. The third-order valence-electron chi connectivity index (χ3n) is 3.68. The molecule has 0 aliphatic rings. The Hall–Kier alpha value is -4.00. The minimum absolute atomic E-state index is 0.262. The lowest BCUT2D eigenvalue weighted by atomic mass is 10.2. The Morgan fingerprint density at radius 1 is 0.821 bits per heavy atom. The molecule has 0 spiro atoms. The molecule has 0 fully saturated rings. The number of para-hydroxylation sites is 2. The van der Waals surface area contributed by atoms with E-state index in [9.17, 15) is 14.4 Å². The predicted molar refractivity (Wildman–Crippen MR) is 104 cm³/mol. The number of pyridine rings is 1. The number of carbonyl (C=O) groups excluding carboxylic acids is 3. The molecule has 3 rings (SSSR count). The van der Waals surface area contributed by atoms with Crippen molar-refractivity contribution in [2.24, 2.45) is 0 Å². The van der Waals surface area contributed by atoms with Crippen molar-refractivity contribution in [3.63, 3.8) is 0 Å². The molecular weight excluding hydrogens is 358 g/mol. The van der Waals surface area contributed by atoms with Gasteiger partial charge in [0.05, 0.1) is 11.4 Å². The standard InChI is InChI=1S/C21H17N3O4/c1-14(25)28-16-8-6-7-15(13-16)20(26)23-17-9-2-3-10-18(17)24-21(27)19-11-4-5-12-22-19/h2-13H,1H3,(H,23,26)(H,24,27). The van der Waals surface area contributed by atoms with E-state index in [1.54, 1.807) is 60.7 Å². The quantitative estimate of drug-likeness (QED) is 0.525. The van der Waals surface area contributed by atoms with Gasteiger partial charge in [-0.15, -0.1) is 0 Å². The zero-order chi connectivity index (χ0) is 19.9. The SMILES string of the molecule is CC(=O)Oc1cccc(C(=O)Nc2ccccc2NC(=O)c2ccccn2)c1. The third-order valence-corrected chi connectivity index (χ3v) is 3.68. The molecule has 3 aromatic rings. The number of anilines is 2. The van der Waals surface area contributed by atoms with E-state index < -0.39 is 11.9 Å². The van der Waals surface area contributed by atoms with Crippen molar-refractivity contribution in [1.82, 2.24) is 4.98 Å². The molecule has 0 aliphatic heterocycles. The smallest absolute Gasteiger partial charge is 0.308 e. The van der Waals surface area contributed by atoms with E-state index in [2.05, 4.69) is 15.6 Å². The number of rotatable bonds is 5. The second kappa shape index (κ2) is 8.59. The number of esters is 1. The first-order chi connectivity index (χ1) is 13.5. The maximum Gasteiger partial charge on any atom is 0.308 e. The molecule has 0 aliphatic carbocycles. The fourth-order valence-electron chi connectivity index (χ4n) is 2.45. The van der Waals surface area contributed by atoms with Gasteiger partial charge in [-0.25, -0.2) is 0 Å². The number of hydrogen-bond acceptors (Lipinski definition) is 5. The number of ether oxygens (including phenoxy) is 1. The van der Waals surface area contributed by atoms with Gasteiger partial charge in [0, 0.05) is 18.7 Å². The van der Waals surface area contributed by atoms with Crippen LogP contribution in [0.5, 0.6) is 5.75 Å². The molecule has 1 aromatic heterocycles. The Morgan fingerprint density at radius 2 is 1.50 bits per heavy atom. The van der Waals surface area contributed by atoms with Gasteiger partial charge in [0.1, 0.15) is 11.4 Å². The summed E-state index contributed by atoms with van der Waals surface area (Å²) < 4.78 is 5.00. The van der Waals surface area contributed by atoms with Crippen LogP contribution in [0, 0.1) is 0 Å². The lowest BCUT2D eigenvalue weighted by Crippen LogP contribution is -2.17. The van der Waals surface area contributed by atoms with Crippen LogP contribution in [0.2, 0.25) is 0 Å². The van der Waals surface area contributed by atoms with Crippen LogP contribution in [0.1, 0.15) is 27.8 Å². The number of benzene rings is 2. The van der Waals surface area contributed by atoms with Crippen molar-refractivity contribution in [2.45, 2.75) is 6.92 Å². The fourth-order valence-corrected chi connectivity index (χ4v) is 2.45. The van der Waals surface area contributed by atoms with Crippen LogP contribution in [-0.4, -0.2) is 22.8 Å². The van der Waals surface area contributed by atoms with E-state index >= 15 is 0 Å². The van der Waals surface area contributed by atoms with Gasteiger partial charge in [0.2, 0.25) is 0 Å². The average molecular weight is 375 g/mol. The maximum absolute atomic E-state index is 12.6. The van der Waals surface area contributed by atoms with E-state index in [1.807, 2.05) is 0 Å².